The Kier molecular flexibility index (Phi) is 7.08. The van der Waals surface area contributed by atoms with Crippen LogP contribution in [0.5, 0.6) is 0 Å². The molecule has 1 aliphatic heterocycles. The van der Waals surface area contributed by atoms with Crippen molar-refractivity contribution in [1.82, 2.24) is 19.3 Å². The molecule has 0 amide bonds. The van der Waals surface area contributed by atoms with E-state index in [4.69, 9.17) is 11.6 Å². The van der Waals surface area contributed by atoms with Crippen LogP contribution >= 0.6 is 11.6 Å². The van der Waals surface area contributed by atoms with E-state index >= 15 is 0 Å². The fourth-order valence-corrected chi connectivity index (χ4v) is 6.50. The number of benzene rings is 1. The molecule has 0 radical (unpaired) electrons. The quantitative estimate of drug-likeness (QED) is 0.441. The number of carboxylic acids is 1. The number of aromatic nitrogens is 3. The van der Waals surface area contributed by atoms with E-state index in [0.29, 0.717) is 66.5 Å². The fraction of sp³-hybridized carbons (Fsp3) is 0.458. The molecule has 1 fully saturated rings. The van der Waals surface area contributed by atoms with E-state index in [1.807, 2.05) is 25.7 Å². The standard InChI is InChI=1S/C24H30ClN5O4S/c1-4-12-24(5-2,23(31)32)21-16(3)27-20-10-13-26-30(20)22(21)29-14-11-18(15-29)28-35(33,34)19-8-6-17(25)7-9-19/h6-10,13,18,28H,4-5,11-12,14-15H2,1-3H3,(H,31,32)/t18-,24?/m0/s1. The van der Waals surface area contributed by atoms with Crippen LogP contribution in [-0.2, 0) is 20.2 Å². The number of nitrogens with zero attached hydrogens (tertiary/aromatic N) is 4. The first kappa shape index (κ1) is 25.4. The van der Waals surface area contributed by atoms with Crippen LogP contribution in [-0.4, -0.2) is 53.2 Å². The molecule has 9 nitrogen and oxygen atoms in total. The molecule has 188 valence electrons. The van der Waals surface area contributed by atoms with E-state index in [-0.39, 0.29) is 10.9 Å². The van der Waals surface area contributed by atoms with Gasteiger partial charge < -0.3 is 10.0 Å². The highest BCUT2D eigenvalue weighted by Gasteiger charge is 2.44. The number of anilines is 1. The molecule has 4 rings (SSSR count). The molecule has 3 heterocycles. The van der Waals surface area contributed by atoms with Crippen molar-refractivity contribution in [3.63, 3.8) is 0 Å². The molecule has 0 bridgehead atoms. The zero-order valence-corrected chi connectivity index (χ0v) is 21.6. The van der Waals surface area contributed by atoms with E-state index in [9.17, 15) is 18.3 Å². The van der Waals surface area contributed by atoms with Crippen molar-refractivity contribution in [2.24, 2.45) is 0 Å². The first-order valence-electron chi connectivity index (χ1n) is 11.7. The fourth-order valence-electron chi connectivity index (χ4n) is 5.11. The largest absolute Gasteiger partial charge is 0.481 e. The number of sulfonamides is 1. The Hall–Kier alpha value is -2.69. The molecule has 1 saturated heterocycles. The number of aliphatic carboxylic acids is 1. The van der Waals surface area contributed by atoms with E-state index in [2.05, 4.69) is 14.8 Å². The van der Waals surface area contributed by atoms with Gasteiger partial charge in [-0.3, -0.25) is 4.79 Å². The van der Waals surface area contributed by atoms with Gasteiger partial charge in [0.1, 0.15) is 5.82 Å². The smallest absolute Gasteiger partial charge is 0.314 e. The summed E-state index contributed by atoms with van der Waals surface area (Å²) in [6, 6.07) is 7.47. The van der Waals surface area contributed by atoms with Gasteiger partial charge >= 0.3 is 5.97 Å². The van der Waals surface area contributed by atoms with Gasteiger partial charge in [-0.25, -0.2) is 18.1 Å². The lowest BCUT2D eigenvalue weighted by atomic mass is 9.73. The Morgan fingerprint density at radius 3 is 2.60 bits per heavy atom. The molecule has 11 heteroatoms. The van der Waals surface area contributed by atoms with Crippen molar-refractivity contribution in [1.29, 1.82) is 0 Å². The topological polar surface area (TPSA) is 117 Å². The summed E-state index contributed by atoms with van der Waals surface area (Å²) in [5.74, 6) is -0.220. The summed E-state index contributed by atoms with van der Waals surface area (Å²) >= 11 is 5.90. The van der Waals surface area contributed by atoms with Gasteiger partial charge in [0, 0.05) is 41.5 Å². The SMILES string of the molecule is CCCC(CC)(C(=O)O)c1c(C)nc2ccnn2c1N1CC[C@H](NS(=O)(=O)c2ccc(Cl)cc2)C1. The summed E-state index contributed by atoms with van der Waals surface area (Å²) in [6.45, 7) is 6.62. The maximum atomic E-state index is 12.9. The lowest BCUT2D eigenvalue weighted by Gasteiger charge is -2.34. The number of carbonyl (C=O) groups is 1. The second kappa shape index (κ2) is 9.75. The zero-order chi connectivity index (χ0) is 25.4. The van der Waals surface area contributed by atoms with Crippen molar-refractivity contribution >= 4 is 39.1 Å². The first-order chi connectivity index (χ1) is 16.6. The number of halogens is 1. The van der Waals surface area contributed by atoms with Crippen LogP contribution in [0.15, 0.2) is 41.4 Å². The predicted molar refractivity (Wildman–Crippen MR) is 135 cm³/mol. The lowest BCUT2D eigenvalue weighted by Crippen LogP contribution is -2.41. The molecule has 0 saturated carbocycles. The third-order valence-corrected chi connectivity index (χ3v) is 8.58. The maximum absolute atomic E-state index is 12.9. The van der Waals surface area contributed by atoms with Crippen LogP contribution in [0.25, 0.3) is 5.65 Å². The highest BCUT2D eigenvalue weighted by atomic mass is 35.5. The molecule has 2 atom stereocenters. The van der Waals surface area contributed by atoms with Crippen LogP contribution in [0.3, 0.4) is 0 Å². The summed E-state index contributed by atoms with van der Waals surface area (Å²) < 4.78 is 30.3. The van der Waals surface area contributed by atoms with Gasteiger partial charge in [-0.05, 0) is 50.5 Å². The maximum Gasteiger partial charge on any atom is 0.314 e. The Labute approximate surface area is 210 Å². The van der Waals surface area contributed by atoms with E-state index in [0.717, 1.165) is 0 Å². The lowest BCUT2D eigenvalue weighted by molar-refractivity contribution is -0.144. The number of rotatable bonds is 9. The van der Waals surface area contributed by atoms with Gasteiger partial charge in [-0.2, -0.15) is 9.61 Å². The van der Waals surface area contributed by atoms with Crippen LogP contribution in [0.2, 0.25) is 5.02 Å². The van der Waals surface area contributed by atoms with Gasteiger partial charge in [-0.15, -0.1) is 0 Å². The summed E-state index contributed by atoms with van der Waals surface area (Å²) in [6.07, 6.45) is 3.76. The zero-order valence-electron chi connectivity index (χ0n) is 20.0. The Bertz CT molecular complexity index is 1340. The molecule has 0 aliphatic carbocycles. The second-order valence-electron chi connectivity index (χ2n) is 8.99. The monoisotopic (exact) mass is 519 g/mol. The minimum Gasteiger partial charge on any atom is -0.481 e. The van der Waals surface area contributed by atoms with E-state index < -0.39 is 21.4 Å². The van der Waals surface area contributed by atoms with Crippen LogP contribution in [0.1, 0.15) is 50.8 Å². The van der Waals surface area contributed by atoms with E-state index in [1.54, 1.807) is 28.9 Å². The Morgan fingerprint density at radius 2 is 1.97 bits per heavy atom. The summed E-state index contributed by atoms with van der Waals surface area (Å²) in [5, 5.41) is 15.3. The number of carboxylic acid groups (broad SMARTS) is 1. The number of fused-ring (bicyclic) bond motifs is 1. The third-order valence-electron chi connectivity index (χ3n) is 6.79. The summed E-state index contributed by atoms with van der Waals surface area (Å²) in [7, 11) is -3.74. The Balaban J connectivity index is 1.74. The van der Waals surface area contributed by atoms with Crippen molar-refractivity contribution in [3.05, 3.63) is 52.8 Å². The first-order valence-corrected chi connectivity index (χ1v) is 13.6. The average molecular weight is 520 g/mol. The van der Waals surface area contributed by atoms with Crippen molar-refractivity contribution in [3.8, 4) is 0 Å². The number of hydrogen-bond acceptors (Lipinski definition) is 6. The predicted octanol–water partition coefficient (Wildman–Crippen LogP) is 3.78. The highest BCUT2D eigenvalue weighted by molar-refractivity contribution is 7.89. The molecule has 1 unspecified atom stereocenters. The van der Waals surface area contributed by atoms with Crippen LogP contribution in [0.4, 0.5) is 5.82 Å². The van der Waals surface area contributed by atoms with Crippen molar-refractivity contribution in [2.45, 2.75) is 62.8 Å². The Morgan fingerprint density at radius 1 is 1.26 bits per heavy atom. The molecule has 1 aliphatic rings. The van der Waals surface area contributed by atoms with Gasteiger partial charge in [0.15, 0.2) is 5.65 Å². The summed E-state index contributed by atoms with van der Waals surface area (Å²) in [5.41, 5.74) is 0.795. The molecule has 2 aromatic heterocycles. The summed E-state index contributed by atoms with van der Waals surface area (Å²) in [4.78, 5) is 19.5. The average Bonchev–Trinajstić information content (AvgIpc) is 3.46. The molecular formula is C24H30ClN5O4S. The van der Waals surface area contributed by atoms with E-state index in [1.165, 1.54) is 12.1 Å². The third kappa shape index (κ3) is 4.62. The second-order valence-corrected chi connectivity index (χ2v) is 11.1. The van der Waals surface area contributed by atoms with Crippen molar-refractivity contribution < 1.29 is 18.3 Å². The molecule has 1 aromatic carbocycles. The molecule has 35 heavy (non-hydrogen) atoms. The number of aryl methyl sites for hydroxylation is 1. The minimum absolute atomic E-state index is 0.147. The number of hydrogen-bond donors (Lipinski definition) is 2. The van der Waals surface area contributed by atoms with Gasteiger partial charge in [-0.1, -0.05) is 31.9 Å². The van der Waals surface area contributed by atoms with Gasteiger partial charge in [0.05, 0.1) is 16.5 Å². The molecular weight excluding hydrogens is 490 g/mol. The van der Waals surface area contributed by atoms with Crippen LogP contribution < -0.4 is 9.62 Å². The van der Waals surface area contributed by atoms with Gasteiger partial charge in [0.2, 0.25) is 10.0 Å². The molecule has 2 N–H and O–H groups in total. The van der Waals surface area contributed by atoms with Crippen LogP contribution in [0, 0.1) is 6.92 Å². The normalized spacial score (nSPS) is 18.2. The number of nitrogens with one attached hydrogen (secondary N) is 1. The molecule has 0 spiro atoms. The highest BCUT2D eigenvalue weighted by Crippen LogP contribution is 2.42. The van der Waals surface area contributed by atoms with Gasteiger partial charge in [0.25, 0.3) is 0 Å². The minimum atomic E-state index is -3.74. The van der Waals surface area contributed by atoms with Crippen molar-refractivity contribution in [2.75, 3.05) is 18.0 Å². The molecule has 3 aromatic rings.